The zero-order valence-electron chi connectivity index (χ0n) is 22.9. The van der Waals surface area contributed by atoms with E-state index in [1.807, 2.05) is 0 Å². The summed E-state index contributed by atoms with van der Waals surface area (Å²) in [4.78, 5) is 0. The van der Waals surface area contributed by atoms with Crippen LogP contribution in [0, 0.1) is 0 Å². The average Bonchev–Trinajstić information content (AvgIpc) is 3.04. The van der Waals surface area contributed by atoms with E-state index in [1.165, 1.54) is 43.0 Å². The average molecular weight is 565 g/mol. The van der Waals surface area contributed by atoms with Crippen LogP contribution in [0.25, 0.3) is 0 Å². The predicted molar refractivity (Wildman–Crippen MR) is 178 cm³/mol. The van der Waals surface area contributed by atoms with Gasteiger partial charge in [-0.15, -0.1) is 0 Å². The topological polar surface area (TPSA) is 9.23 Å². The molecule has 1 heterocycles. The lowest BCUT2D eigenvalue weighted by Gasteiger charge is -2.33. The van der Waals surface area contributed by atoms with Crippen LogP contribution in [0.2, 0.25) is 0 Å². The quantitative estimate of drug-likeness (QED) is 0.191. The molecule has 0 atom stereocenters. The molecule has 0 aromatic heterocycles. The third kappa shape index (κ3) is 4.91. The van der Waals surface area contributed by atoms with Crippen LogP contribution in [0.1, 0.15) is 24.0 Å². The summed E-state index contributed by atoms with van der Waals surface area (Å²) in [7, 11) is -1.60. The van der Waals surface area contributed by atoms with Gasteiger partial charge in [-0.05, 0) is 37.1 Å². The molecule has 6 aromatic carbocycles. The van der Waals surface area contributed by atoms with E-state index >= 15 is 0 Å². The minimum Gasteiger partial charge on any atom is -0.455 e. The molecule has 6 aromatic rings. The number of para-hydroxylation sites is 2. The molecule has 7 rings (SSSR count). The van der Waals surface area contributed by atoms with E-state index in [0.717, 1.165) is 11.5 Å². The van der Waals surface area contributed by atoms with Crippen LogP contribution < -0.4 is 36.6 Å². The van der Waals surface area contributed by atoms with Gasteiger partial charge in [0.15, 0.2) is 0 Å². The summed E-state index contributed by atoms with van der Waals surface area (Å²) in [6.07, 6.45) is 0. The second kappa shape index (κ2) is 11.5. The van der Waals surface area contributed by atoms with Gasteiger partial charge in [0.2, 0.25) is 0 Å². The Balaban J connectivity index is 1.42. The lowest BCUT2D eigenvalue weighted by atomic mass is 9.90. The van der Waals surface area contributed by atoms with Gasteiger partial charge < -0.3 is 4.74 Å². The summed E-state index contributed by atoms with van der Waals surface area (Å²) in [6.45, 7) is 2.33. The highest BCUT2D eigenvalue weighted by Crippen LogP contribution is 2.49. The van der Waals surface area contributed by atoms with E-state index in [9.17, 15) is 0 Å². The summed E-state index contributed by atoms with van der Waals surface area (Å²) in [5.74, 6) is 2.27. The first-order valence-corrected chi connectivity index (χ1v) is 16.7. The Labute approximate surface area is 245 Å². The molecule has 0 fully saturated rings. The largest absolute Gasteiger partial charge is 0.455 e. The molecule has 0 saturated heterocycles. The highest BCUT2D eigenvalue weighted by molar-refractivity contribution is 7.80. The Morgan fingerprint density at radius 1 is 0.390 bits per heavy atom. The Morgan fingerprint density at radius 2 is 0.707 bits per heavy atom. The maximum atomic E-state index is 7.19. The van der Waals surface area contributed by atoms with E-state index in [-0.39, 0.29) is 5.92 Å². The maximum Gasteiger partial charge on any atom is 0.139 e. The van der Waals surface area contributed by atoms with Crippen LogP contribution in [0.15, 0.2) is 158 Å². The van der Waals surface area contributed by atoms with Gasteiger partial charge in [-0.2, -0.15) is 0 Å². The number of rotatable bonds is 6. The van der Waals surface area contributed by atoms with E-state index in [0.29, 0.717) is 0 Å². The van der Waals surface area contributed by atoms with Crippen LogP contribution in [0.3, 0.4) is 0 Å². The van der Waals surface area contributed by atoms with Crippen LogP contribution in [-0.4, -0.2) is 0 Å². The molecule has 0 unspecified atom stereocenters. The molecule has 0 radical (unpaired) electrons. The van der Waals surface area contributed by atoms with Gasteiger partial charge in [0.05, 0.1) is 0 Å². The van der Waals surface area contributed by atoms with Crippen molar-refractivity contribution in [3.05, 3.63) is 169 Å². The molecule has 0 amide bonds. The van der Waals surface area contributed by atoms with Gasteiger partial charge in [-0.3, -0.25) is 0 Å². The summed E-state index contributed by atoms with van der Waals surface area (Å²) >= 11 is 0. The summed E-state index contributed by atoms with van der Waals surface area (Å²) in [5.41, 5.74) is 2.52. The highest BCUT2D eigenvalue weighted by Gasteiger charge is 2.33. The molecular weight excluding hydrogens is 534 g/mol. The monoisotopic (exact) mass is 564 g/mol. The van der Waals surface area contributed by atoms with Crippen LogP contribution in [-0.2, 0) is 0 Å². The number of hydrogen-bond donors (Lipinski definition) is 0. The van der Waals surface area contributed by atoms with Gasteiger partial charge in [-0.25, -0.2) is 0 Å². The van der Waals surface area contributed by atoms with Crippen molar-refractivity contribution in [2.24, 2.45) is 0 Å². The van der Waals surface area contributed by atoms with E-state index < -0.39 is 15.8 Å². The first kappa shape index (κ1) is 25.9. The van der Waals surface area contributed by atoms with Crippen molar-refractivity contribution in [2.45, 2.75) is 12.8 Å². The predicted octanol–water partition coefficient (Wildman–Crippen LogP) is 7.46. The molecule has 3 heteroatoms. The van der Waals surface area contributed by atoms with Crippen molar-refractivity contribution in [2.75, 3.05) is 0 Å². The molecule has 1 nitrogen and oxygen atoms in total. The minimum absolute atomic E-state index is 0.223. The lowest BCUT2D eigenvalue weighted by Crippen LogP contribution is -2.27. The summed E-state index contributed by atoms with van der Waals surface area (Å²) < 4.78 is 7.19. The molecule has 0 spiro atoms. The molecule has 1 aliphatic heterocycles. The zero-order valence-corrected chi connectivity index (χ0v) is 24.7. The fourth-order valence-corrected chi connectivity index (χ4v) is 10.6. The smallest absolute Gasteiger partial charge is 0.139 e. The van der Waals surface area contributed by atoms with Gasteiger partial charge in [0, 0.05) is 27.7 Å². The van der Waals surface area contributed by atoms with Crippen molar-refractivity contribution in [1.82, 2.24) is 0 Å². The Hall–Kier alpha value is -4.02. The zero-order chi connectivity index (χ0) is 27.6. The van der Waals surface area contributed by atoms with Crippen molar-refractivity contribution in [1.29, 1.82) is 0 Å². The van der Waals surface area contributed by atoms with Crippen molar-refractivity contribution in [3.63, 3.8) is 0 Å². The third-order valence-electron chi connectivity index (χ3n) is 7.73. The minimum atomic E-state index is -0.801. The van der Waals surface area contributed by atoms with Gasteiger partial charge >= 0.3 is 0 Å². The molecule has 0 saturated carbocycles. The lowest BCUT2D eigenvalue weighted by molar-refractivity contribution is 0.457. The summed E-state index contributed by atoms with van der Waals surface area (Å²) in [5, 5.41) is 7.85. The fraction of sp³-hybridized carbons (Fsp3) is 0.0526. The first-order chi connectivity index (χ1) is 20.3. The van der Waals surface area contributed by atoms with E-state index in [2.05, 4.69) is 165 Å². The van der Waals surface area contributed by atoms with Crippen molar-refractivity contribution >= 4 is 47.7 Å². The second-order valence-electron chi connectivity index (χ2n) is 10.2. The summed E-state index contributed by atoms with van der Waals surface area (Å²) in [6, 6.07) is 57.1. The van der Waals surface area contributed by atoms with Crippen LogP contribution >= 0.6 is 15.8 Å². The number of ether oxygens (including phenoxy) is 1. The fourth-order valence-electron chi connectivity index (χ4n) is 5.77. The number of hydrogen-bond acceptors (Lipinski definition) is 1. The molecule has 41 heavy (non-hydrogen) atoms. The van der Waals surface area contributed by atoms with Crippen LogP contribution in [0.4, 0.5) is 0 Å². The third-order valence-corrected chi connectivity index (χ3v) is 12.7. The second-order valence-corrected chi connectivity index (χ2v) is 14.6. The standard InChI is InChI=1S/C38H30OP2/c1-28-33-24-14-26-35(40(29-16-6-2-7-17-29)30-18-8-3-9-19-30)37(33)39-38-34(28)25-15-27-36(38)41(31-20-10-4-11-21-31)32-22-12-5-13-23-32/h2-28H,1H3. The van der Waals surface area contributed by atoms with Gasteiger partial charge in [-0.1, -0.05) is 165 Å². The first-order valence-electron chi connectivity index (χ1n) is 14.0. The van der Waals surface area contributed by atoms with Crippen molar-refractivity contribution in [3.8, 4) is 11.5 Å². The van der Waals surface area contributed by atoms with E-state index in [4.69, 9.17) is 4.74 Å². The Kier molecular flexibility index (Phi) is 7.24. The molecule has 0 N–H and O–H groups in total. The van der Waals surface area contributed by atoms with E-state index in [1.54, 1.807) is 0 Å². The maximum absolute atomic E-state index is 7.19. The molecular formula is C38H30OP2. The Bertz CT molecular complexity index is 1560. The molecule has 0 aliphatic carbocycles. The Morgan fingerprint density at radius 3 is 1.02 bits per heavy atom. The van der Waals surface area contributed by atoms with Gasteiger partial charge in [0.25, 0.3) is 0 Å². The van der Waals surface area contributed by atoms with Crippen LogP contribution in [0.5, 0.6) is 11.5 Å². The molecule has 0 bridgehead atoms. The van der Waals surface area contributed by atoms with Gasteiger partial charge in [0.1, 0.15) is 11.5 Å². The number of fused-ring (bicyclic) bond motifs is 2. The molecule has 198 valence electrons. The number of benzene rings is 6. The highest BCUT2D eigenvalue weighted by atomic mass is 31.1. The van der Waals surface area contributed by atoms with Crippen molar-refractivity contribution < 1.29 is 4.74 Å². The normalized spacial score (nSPS) is 12.6. The SMILES string of the molecule is CC1c2cccc(P(c3ccccc3)c3ccccc3)c2Oc2c1cccc2P(c1ccccc1)c1ccccc1. The molecule has 1 aliphatic rings.